The molecule has 0 amide bonds. The highest BCUT2D eigenvalue weighted by Gasteiger charge is 2.42. The first-order chi connectivity index (χ1) is 10.6. The minimum absolute atomic E-state index is 0.000231. The van der Waals surface area contributed by atoms with Crippen LogP contribution in [0.2, 0.25) is 0 Å². The summed E-state index contributed by atoms with van der Waals surface area (Å²) in [6.07, 6.45) is 2.33. The number of likely N-dealkylation sites (tertiary alicyclic amines) is 1. The minimum atomic E-state index is -0.417. The van der Waals surface area contributed by atoms with Crippen LogP contribution in [-0.2, 0) is 16.0 Å². The smallest absolute Gasteiger partial charge is 0.312 e. The van der Waals surface area contributed by atoms with Crippen LogP contribution in [0.1, 0.15) is 18.4 Å². The molecule has 1 heterocycles. The van der Waals surface area contributed by atoms with Crippen molar-refractivity contribution in [1.29, 1.82) is 0 Å². The van der Waals surface area contributed by atoms with Gasteiger partial charge in [-0.2, -0.15) is 0 Å². The Balaban J connectivity index is 2.05. The first kappa shape index (κ1) is 16.9. The van der Waals surface area contributed by atoms with Gasteiger partial charge in [0, 0.05) is 19.1 Å². The van der Waals surface area contributed by atoms with Crippen LogP contribution in [-0.4, -0.2) is 50.2 Å². The van der Waals surface area contributed by atoms with E-state index in [1.165, 1.54) is 12.7 Å². The summed E-state index contributed by atoms with van der Waals surface area (Å²) < 4.78 is 5.10. The van der Waals surface area contributed by atoms with Gasteiger partial charge >= 0.3 is 5.97 Å². The number of benzene rings is 1. The largest absolute Gasteiger partial charge is 0.469 e. The topological polar surface area (TPSA) is 81.6 Å². The first-order valence-corrected chi connectivity index (χ1v) is 7.90. The Labute approximate surface area is 132 Å². The van der Waals surface area contributed by atoms with Crippen LogP contribution in [0.3, 0.4) is 0 Å². The van der Waals surface area contributed by atoms with E-state index in [0.717, 1.165) is 38.9 Å². The fraction of sp³-hybridized carbons (Fsp3) is 0.588. The molecule has 1 aromatic carbocycles. The molecule has 2 rings (SSSR count). The van der Waals surface area contributed by atoms with Crippen molar-refractivity contribution in [2.75, 3.05) is 33.3 Å². The van der Waals surface area contributed by atoms with Crippen LogP contribution in [0.15, 0.2) is 30.3 Å². The molecule has 1 saturated heterocycles. The number of ether oxygens (including phenoxy) is 1. The highest BCUT2D eigenvalue weighted by atomic mass is 16.5. The number of esters is 1. The van der Waals surface area contributed by atoms with E-state index in [9.17, 15) is 4.79 Å². The van der Waals surface area contributed by atoms with Crippen molar-refractivity contribution >= 4 is 5.97 Å². The van der Waals surface area contributed by atoms with Crippen LogP contribution >= 0.6 is 0 Å². The van der Waals surface area contributed by atoms with Crippen LogP contribution in [0.5, 0.6) is 0 Å². The lowest BCUT2D eigenvalue weighted by molar-refractivity contribution is -0.156. The number of carbonyl (C=O) groups is 1. The van der Waals surface area contributed by atoms with Crippen molar-refractivity contribution in [2.45, 2.75) is 25.3 Å². The van der Waals surface area contributed by atoms with Crippen molar-refractivity contribution < 1.29 is 9.53 Å². The molecule has 22 heavy (non-hydrogen) atoms. The molecule has 0 aromatic heterocycles. The summed E-state index contributed by atoms with van der Waals surface area (Å²) in [4.78, 5) is 14.7. The lowest BCUT2D eigenvalue weighted by Gasteiger charge is -2.40. The minimum Gasteiger partial charge on any atom is -0.469 e. The molecule has 0 radical (unpaired) electrons. The highest BCUT2D eigenvalue weighted by molar-refractivity contribution is 5.77. The summed E-state index contributed by atoms with van der Waals surface area (Å²) in [5.74, 6) is -0.0980. The van der Waals surface area contributed by atoms with Gasteiger partial charge in [-0.3, -0.25) is 4.79 Å². The Bertz CT molecular complexity index is 470. The van der Waals surface area contributed by atoms with Crippen molar-refractivity contribution in [3.63, 3.8) is 0 Å². The zero-order valence-electron chi connectivity index (χ0n) is 13.3. The lowest BCUT2D eigenvalue weighted by Crippen LogP contribution is -2.50. The number of methoxy groups -OCH3 is 1. The predicted molar refractivity (Wildman–Crippen MR) is 87.3 cm³/mol. The van der Waals surface area contributed by atoms with Crippen LogP contribution in [0.4, 0.5) is 0 Å². The summed E-state index contributed by atoms with van der Waals surface area (Å²) in [6.45, 7) is 2.99. The van der Waals surface area contributed by atoms with E-state index in [1.807, 2.05) is 18.2 Å². The normalized spacial score (nSPS) is 19.6. The molecule has 0 bridgehead atoms. The number of nitrogens with zero attached hydrogens (tertiary/aromatic N) is 1. The van der Waals surface area contributed by atoms with E-state index >= 15 is 0 Å². The van der Waals surface area contributed by atoms with Crippen molar-refractivity contribution in [1.82, 2.24) is 4.90 Å². The van der Waals surface area contributed by atoms with Crippen LogP contribution in [0, 0.1) is 5.41 Å². The Morgan fingerprint density at radius 2 is 1.95 bits per heavy atom. The van der Waals surface area contributed by atoms with Gasteiger partial charge in [0.1, 0.15) is 0 Å². The number of piperidine rings is 1. The maximum absolute atomic E-state index is 12.4. The summed E-state index contributed by atoms with van der Waals surface area (Å²) >= 11 is 0. The van der Waals surface area contributed by atoms with Gasteiger partial charge in [-0.25, -0.2) is 0 Å². The van der Waals surface area contributed by atoms with Gasteiger partial charge in [-0.1, -0.05) is 30.3 Å². The first-order valence-electron chi connectivity index (χ1n) is 7.90. The molecule has 1 aliphatic heterocycles. The lowest BCUT2D eigenvalue weighted by atomic mass is 9.73. The number of hydrogen-bond donors (Lipinski definition) is 2. The van der Waals surface area contributed by atoms with E-state index in [1.54, 1.807) is 0 Å². The number of rotatable bonds is 6. The number of carbonyl (C=O) groups excluding carboxylic acids is 1. The van der Waals surface area contributed by atoms with Crippen LogP contribution < -0.4 is 11.5 Å². The summed E-state index contributed by atoms with van der Waals surface area (Å²) in [5.41, 5.74) is 12.3. The van der Waals surface area contributed by atoms with E-state index in [2.05, 4.69) is 17.0 Å². The van der Waals surface area contributed by atoms with E-state index in [-0.39, 0.29) is 12.0 Å². The molecule has 1 unspecified atom stereocenters. The number of nitrogens with two attached hydrogens (primary N) is 2. The maximum Gasteiger partial charge on any atom is 0.312 e. The van der Waals surface area contributed by atoms with Gasteiger partial charge in [-0.05, 0) is 37.9 Å². The molecule has 1 aromatic rings. The third-order valence-electron chi connectivity index (χ3n) is 4.61. The Morgan fingerprint density at radius 3 is 2.50 bits per heavy atom. The zero-order valence-corrected chi connectivity index (χ0v) is 13.3. The fourth-order valence-electron chi connectivity index (χ4n) is 3.23. The SMILES string of the molecule is COC(=O)C1(Cc2ccccc2)CCN(CC(N)CN)CC1. The van der Waals surface area contributed by atoms with Crippen LogP contribution in [0.25, 0.3) is 0 Å². The van der Waals surface area contributed by atoms with E-state index in [0.29, 0.717) is 6.54 Å². The molecule has 0 aliphatic carbocycles. The average molecular weight is 305 g/mol. The highest BCUT2D eigenvalue weighted by Crippen LogP contribution is 2.36. The molecule has 122 valence electrons. The summed E-state index contributed by atoms with van der Waals surface area (Å²) in [7, 11) is 1.48. The Morgan fingerprint density at radius 1 is 1.32 bits per heavy atom. The fourth-order valence-corrected chi connectivity index (χ4v) is 3.23. The standard InChI is InChI=1S/C17H27N3O2/c1-22-16(21)17(11-14-5-3-2-4-6-14)7-9-20(10-8-17)13-15(19)12-18/h2-6,15H,7-13,18-19H2,1H3. The second kappa shape index (κ2) is 7.72. The molecule has 1 aliphatic rings. The second-order valence-corrected chi connectivity index (χ2v) is 6.23. The van der Waals surface area contributed by atoms with Gasteiger partial charge in [0.05, 0.1) is 12.5 Å². The second-order valence-electron chi connectivity index (χ2n) is 6.23. The molecule has 5 nitrogen and oxygen atoms in total. The predicted octanol–water partition coefficient (Wildman–Crippen LogP) is 0.770. The quantitative estimate of drug-likeness (QED) is 0.759. The molecule has 4 N–H and O–H groups in total. The molecule has 1 fully saturated rings. The third kappa shape index (κ3) is 4.06. The average Bonchev–Trinajstić information content (AvgIpc) is 2.56. The van der Waals surface area contributed by atoms with Crippen molar-refractivity contribution in [3.05, 3.63) is 35.9 Å². The van der Waals surface area contributed by atoms with E-state index in [4.69, 9.17) is 16.2 Å². The molecular formula is C17H27N3O2. The summed E-state index contributed by atoms with van der Waals surface area (Å²) in [5, 5.41) is 0. The van der Waals surface area contributed by atoms with E-state index < -0.39 is 5.41 Å². The maximum atomic E-state index is 12.4. The molecule has 0 spiro atoms. The van der Waals surface area contributed by atoms with Gasteiger partial charge < -0.3 is 21.1 Å². The van der Waals surface area contributed by atoms with Gasteiger partial charge in [-0.15, -0.1) is 0 Å². The third-order valence-corrected chi connectivity index (χ3v) is 4.61. The molecule has 1 atom stereocenters. The molecule has 5 heteroatoms. The molecule has 0 saturated carbocycles. The Kier molecular flexibility index (Phi) is 5.94. The van der Waals surface area contributed by atoms with Gasteiger partial charge in [0.2, 0.25) is 0 Å². The van der Waals surface area contributed by atoms with Gasteiger partial charge in [0.15, 0.2) is 0 Å². The molecular weight excluding hydrogens is 278 g/mol. The monoisotopic (exact) mass is 305 g/mol. The zero-order chi connectivity index (χ0) is 16.0. The summed E-state index contributed by atoms with van der Waals surface area (Å²) in [6, 6.07) is 10.2. The van der Waals surface area contributed by atoms with Gasteiger partial charge in [0.25, 0.3) is 0 Å². The van der Waals surface area contributed by atoms with Crippen molar-refractivity contribution in [2.24, 2.45) is 16.9 Å². The Hall–Kier alpha value is -1.43. The number of hydrogen-bond acceptors (Lipinski definition) is 5. The van der Waals surface area contributed by atoms with Crippen molar-refractivity contribution in [3.8, 4) is 0 Å².